The van der Waals surface area contributed by atoms with E-state index < -0.39 is 11.7 Å². The highest BCUT2D eigenvalue weighted by Gasteiger charge is 2.15. The van der Waals surface area contributed by atoms with Crippen molar-refractivity contribution in [3.05, 3.63) is 23.8 Å². The van der Waals surface area contributed by atoms with Gasteiger partial charge in [0.05, 0.1) is 23.0 Å². The Labute approximate surface area is 125 Å². The summed E-state index contributed by atoms with van der Waals surface area (Å²) in [5.74, 6) is 0. The number of rotatable bonds is 5. The van der Waals surface area contributed by atoms with E-state index in [-0.39, 0.29) is 0 Å². The molecule has 0 spiro atoms. The van der Waals surface area contributed by atoms with Crippen LogP contribution in [0.1, 0.15) is 32.8 Å². The zero-order valence-electron chi connectivity index (χ0n) is 12.7. The van der Waals surface area contributed by atoms with Crippen LogP contribution in [0.5, 0.6) is 0 Å². The summed E-state index contributed by atoms with van der Waals surface area (Å²) >= 11 is 0. The molecule has 114 valence electrons. The Morgan fingerprint density at radius 1 is 1.38 bits per heavy atom. The fourth-order valence-electron chi connectivity index (χ4n) is 1.61. The first-order valence-electron chi connectivity index (χ1n) is 6.82. The summed E-state index contributed by atoms with van der Waals surface area (Å²) in [4.78, 5) is 11.4. The molecule has 1 aromatic rings. The first-order valence-corrected chi connectivity index (χ1v) is 6.82. The van der Waals surface area contributed by atoms with Crippen molar-refractivity contribution in [2.45, 2.75) is 32.8 Å². The number of nitriles is 1. The first-order chi connectivity index (χ1) is 9.81. The molecule has 1 amide bonds. The van der Waals surface area contributed by atoms with Gasteiger partial charge in [0.25, 0.3) is 0 Å². The van der Waals surface area contributed by atoms with Crippen LogP contribution in [-0.4, -0.2) is 24.8 Å². The number of hydrogen-bond donors (Lipinski definition) is 3. The Bertz CT molecular complexity index is 529. The van der Waals surface area contributed by atoms with Crippen LogP contribution in [0.4, 0.5) is 16.2 Å². The van der Waals surface area contributed by atoms with Crippen molar-refractivity contribution in [3.63, 3.8) is 0 Å². The minimum atomic E-state index is -0.487. The van der Waals surface area contributed by atoms with Crippen LogP contribution in [0, 0.1) is 11.3 Å². The molecular weight excluding hydrogens is 268 g/mol. The summed E-state index contributed by atoms with van der Waals surface area (Å²) in [6.07, 6.45) is 0.318. The minimum absolute atomic E-state index is 0.416. The molecule has 0 saturated heterocycles. The van der Waals surface area contributed by atoms with E-state index in [2.05, 4.69) is 10.6 Å². The molecule has 0 unspecified atom stereocenters. The number of carbonyl (C=O) groups is 1. The predicted octanol–water partition coefficient (Wildman–Crippen LogP) is 2.47. The van der Waals surface area contributed by atoms with E-state index in [4.69, 9.17) is 15.7 Å². The average molecular weight is 290 g/mol. The van der Waals surface area contributed by atoms with Gasteiger partial charge in [0.1, 0.15) is 5.60 Å². The van der Waals surface area contributed by atoms with Gasteiger partial charge in [-0.15, -0.1) is 0 Å². The van der Waals surface area contributed by atoms with Crippen LogP contribution < -0.4 is 16.4 Å². The van der Waals surface area contributed by atoms with E-state index in [1.165, 1.54) is 0 Å². The molecular formula is C15H22N4O2. The number of benzene rings is 1. The zero-order chi connectivity index (χ0) is 15.9. The van der Waals surface area contributed by atoms with Gasteiger partial charge < -0.3 is 21.1 Å². The molecule has 0 aliphatic heterocycles. The minimum Gasteiger partial charge on any atom is -0.444 e. The third kappa shape index (κ3) is 6.52. The van der Waals surface area contributed by atoms with Crippen LogP contribution >= 0.6 is 0 Å². The molecule has 1 aromatic carbocycles. The number of nitrogens with one attached hydrogen (secondary N) is 2. The third-order valence-corrected chi connectivity index (χ3v) is 2.52. The average Bonchev–Trinajstić information content (AvgIpc) is 2.37. The van der Waals surface area contributed by atoms with Crippen LogP contribution in [0.15, 0.2) is 18.2 Å². The third-order valence-electron chi connectivity index (χ3n) is 2.52. The van der Waals surface area contributed by atoms with Gasteiger partial charge in [-0.25, -0.2) is 4.79 Å². The molecule has 0 aliphatic carbocycles. The Kier molecular flexibility index (Phi) is 5.85. The molecule has 0 fully saturated rings. The van der Waals surface area contributed by atoms with Gasteiger partial charge in [0.15, 0.2) is 0 Å². The Hall–Kier alpha value is -2.42. The van der Waals surface area contributed by atoms with Crippen molar-refractivity contribution in [1.29, 1.82) is 5.26 Å². The molecule has 0 aliphatic rings. The number of anilines is 2. The lowest BCUT2D eigenvalue weighted by atomic mass is 10.2. The van der Waals surface area contributed by atoms with E-state index in [1.807, 2.05) is 26.8 Å². The zero-order valence-corrected chi connectivity index (χ0v) is 12.7. The number of nitrogens with zero attached hydrogens (tertiary/aromatic N) is 1. The van der Waals surface area contributed by atoms with Gasteiger partial charge in [0.2, 0.25) is 0 Å². The number of alkyl carbamates (subject to hydrolysis) is 1. The first kappa shape index (κ1) is 16.6. The molecule has 6 heteroatoms. The number of amides is 1. The second-order valence-electron chi connectivity index (χ2n) is 5.62. The normalized spacial score (nSPS) is 10.6. The molecule has 0 atom stereocenters. The number of ether oxygens (including phenoxy) is 1. The van der Waals surface area contributed by atoms with Crippen LogP contribution in [0.2, 0.25) is 0 Å². The number of hydrogen-bond acceptors (Lipinski definition) is 5. The molecule has 0 heterocycles. The highest BCUT2D eigenvalue weighted by Crippen LogP contribution is 2.19. The van der Waals surface area contributed by atoms with E-state index >= 15 is 0 Å². The fraction of sp³-hybridized carbons (Fsp3) is 0.467. The topological polar surface area (TPSA) is 100 Å². The lowest BCUT2D eigenvalue weighted by molar-refractivity contribution is 0.0528. The van der Waals surface area contributed by atoms with Crippen molar-refractivity contribution < 1.29 is 9.53 Å². The molecule has 0 bridgehead atoms. The molecule has 1 rings (SSSR count). The largest absolute Gasteiger partial charge is 0.444 e. The smallest absolute Gasteiger partial charge is 0.407 e. The molecule has 4 N–H and O–H groups in total. The van der Waals surface area contributed by atoms with Gasteiger partial charge in [-0.3, -0.25) is 0 Å². The van der Waals surface area contributed by atoms with Gasteiger partial charge >= 0.3 is 6.09 Å². The lowest BCUT2D eigenvalue weighted by Gasteiger charge is -2.19. The quantitative estimate of drug-likeness (QED) is 0.571. The summed E-state index contributed by atoms with van der Waals surface area (Å²) in [5.41, 5.74) is 7.19. The van der Waals surface area contributed by atoms with Gasteiger partial charge in [-0.2, -0.15) is 5.26 Å². The van der Waals surface area contributed by atoms with Crippen molar-refractivity contribution in [2.24, 2.45) is 0 Å². The summed E-state index contributed by atoms with van der Waals surface area (Å²) in [6, 6.07) is 7.14. The van der Waals surface area contributed by atoms with Crippen LogP contribution in [0.25, 0.3) is 0 Å². The highest BCUT2D eigenvalue weighted by molar-refractivity contribution is 5.68. The van der Waals surface area contributed by atoms with Crippen molar-refractivity contribution in [1.82, 2.24) is 5.32 Å². The maximum atomic E-state index is 11.4. The Morgan fingerprint density at radius 3 is 2.67 bits per heavy atom. The summed E-state index contributed by atoms with van der Waals surface area (Å²) in [7, 11) is 0. The summed E-state index contributed by atoms with van der Waals surface area (Å²) in [5, 5.41) is 14.6. The second-order valence-corrected chi connectivity index (χ2v) is 5.62. The lowest BCUT2D eigenvalue weighted by Crippen LogP contribution is -2.33. The number of nitrogens with two attached hydrogens (primary N) is 1. The molecule has 0 aromatic heterocycles. The monoisotopic (exact) mass is 290 g/mol. The van der Waals surface area contributed by atoms with Crippen LogP contribution in [-0.2, 0) is 4.74 Å². The van der Waals surface area contributed by atoms with Crippen molar-refractivity contribution >= 4 is 17.5 Å². The molecule has 0 radical (unpaired) electrons. The maximum absolute atomic E-state index is 11.4. The fourth-order valence-corrected chi connectivity index (χ4v) is 1.61. The molecule has 6 nitrogen and oxygen atoms in total. The SMILES string of the molecule is CC(C)(C)OC(=O)NCCCNc1ccc(C#N)cc1N. The Morgan fingerprint density at radius 2 is 2.10 bits per heavy atom. The summed E-state index contributed by atoms with van der Waals surface area (Å²) < 4.78 is 5.13. The van der Waals surface area contributed by atoms with E-state index in [1.54, 1.807) is 18.2 Å². The number of nitrogen functional groups attached to an aromatic ring is 1. The van der Waals surface area contributed by atoms with Crippen LogP contribution in [0.3, 0.4) is 0 Å². The highest BCUT2D eigenvalue weighted by atomic mass is 16.6. The van der Waals surface area contributed by atoms with E-state index in [0.29, 0.717) is 24.3 Å². The molecule has 21 heavy (non-hydrogen) atoms. The standard InChI is InChI=1S/C15H22N4O2/c1-15(2,3)21-14(20)19-8-4-7-18-13-6-5-11(10-16)9-12(13)17/h5-6,9,18H,4,7-8,17H2,1-3H3,(H,19,20). The predicted molar refractivity (Wildman–Crippen MR) is 82.9 cm³/mol. The van der Waals surface area contributed by atoms with Gasteiger partial charge in [-0.05, 0) is 45.4 Å². The van der Waals surface area contributed by atoms with Crippen molar-refractivity contribution in [2.75, 3.05) is 24.1 Å². The summed E-state index contributed by atoms with van der Waals surface area (Å²) in [6.45, 7) is 6.63. The Balaban J connectivity index is 2.26. The van der Waals surface area contributed by atoms with E-state index in [0.717, 1.165) is 12.1 Å². The van der Waals surface area contributed by atoms with E-state index in [9.17, 15) is 4.79 Å². The number of carbonyl (C=O) groups excluding carboxylic acids is 1. The van der Waals surface area contributed by atoms with Crippen molar-refractivity contribution in [3.8, 4) is 6.07 Å². The second kappa shape index (κ2) is 7.39. The maximum Gasteiger partial charge on any atom is 0.407 e. The van der Waals surface area contributed by atoms with Gasteiger partial charge in [-0.1, -0.05) is 0 Å². The van der Waals surface area contributed by atoms with Gasteiger partial charge in [0, 0.05) is 13.1 Å². The molecule has 0 saturated carbocycles.